The van der Waals surface area contributed by atoms with Crippen molar-refractivity contribution in [1.29, 1.82) is 0 Å². The lowest BCUT2D eigenvalue weighted by atomic mass is 9.79. The van der Waals surface area contributed by atoms with Gasteiger partial charge in [-0.1, -0.05) is 6.42 Å². The molecule has 2 aromatic rings. The monoisotopic (exact) mass is 488 g/mol. The van der Waals surface area contributed by atoms with Crippen LogP contribution in [0.2, 0.25) is 0 Å². The van der Waals surface area contributed by atoms with E-state index in [1.807, 2.05) is 18.2 Å². The largest absolute Gasteiger partial charge is 0.497 e. The van der Waals surface area contributed by atoms with Gasteiger partial charge in [0.05, 0.1) is 12.6 Å². The number of aromatic nitrogens is 1. The van der Waals surface area contributed by atoms with Gasteiger partial charge in [0.1, 0.15) is 11.9 Å². The summed E-state index contributed by atoms with van der Waals surface area (Å²) >= 11 is 2.10. The fraction of sp³-hybridized carbons (Fsp3) is 0.630. The SMILES string of the molecule is COc1ccc2nccc(C(F)CC[C@@H]3CCN(CCCSC4CCC4)C[C@@H]3CC(=O)O)c2c1. The first-order valence-electron chi connectivity index (χ1n) is 12.7. The molecule has 2 aliphatic rings. The number of methoxy groups -OCH3 is 1. The molecule has 1 aliphatic carbocycles. The molecule has 0 bridgehead atoms. The second-order valence-corrected chi connectivity index (χ2v) is 11.2. The lowest BCUT2D eigenvalue weighted by Gasteiger charge is -2.38. The highest BCUT2D eigenvalue weighted by Gasteiger charge is 2.31. The standard InChI is InChI=1S/C27H37FN2O3S/c1-33-21-7-9-26-24(17-21)23(10-12-29-26)25(28)8-6-19-11-14-30(18-20(19)16-27(31)32)13-3-15-34-22-4-2-5-22/h7,9-10,12,17,19-20,22,25H,2-6,8,11,13-16,18H2,1H3,(H,31,32)/t19-,20+,25?/m1/s1. The number of ether oxygens (including phenoxy) is 1. The summed E-state index contributed by atoms with van der Waals surface area (Å²) in [4.78, 5) is 18.3. The van der Waals surface area contributed by atoms with Crippen molar-refractivity contribution in [2.24, 2.45) is 11.8 Å². The number of hydrogen-bond acceptors (Lipinski definition) is 5. The van der Waals surface area contributed by atoms with Crippen molar-refractivity contribution in [1.82, 2.24) is 9.88 Å². The number of fused-ring (bicyclic) bond motifs is 1. The van der Waals surface area contributed by atoms with Crippen LogP contribution in [-0.2, 0) is 4.79 Å². The van der Waals surface area contributed by atoms with E-state index in [0.717, 1.165) is 48.6 Å². The van der Waals surface area contributed by atoms with Crippen molar-refractivity contribution < 1.29 is 19.0 Å². The molecule has 1 aliphatic heterocycles. The molecule has 1 aromatic heterocycles. The number of halogens is 1. The topological polar surface area (TPSA) is 62.7 Å². The summed E-state index contributed by atoms with van der Waals surface area (Å²) in [7, 11) is 1.60. The van der Waals surface area contributed by atoms with Gasteiger partial charge >= 0.3 is 5.97 Å². The van der Waals surface area contributed by atoms with Crippen LogP contribution in [0.1, 0.15) is 63.1 Å². The number of thioether (sulfide) groups is 1. The van der Waals surface area contributed by atoms with Crippen molar-refractivity contribution in [3.8, 4) is 5.75 Å². The van der Waals surface area contributed by atoms with Crippen molar-refractivity contribution in [2.45, 2.75) is 62.8 Å². The molecule has 2 fully saturated rings. The summed E-state index contributed by atoms with van der Waals surface area (Å²) in [5.41, 5.74) is 1.40. The third-order valence-corrected chi connectivity index (χ3v) is 9.01. The maximum absolute atomic E-state index is 15.4. The number of carboxylic acid groups (broad SMARTS) is 1. The van der Waals surface area contributed by atoms with E-state index in [1.165, 1.54) is 25.0 Å². The van der Waals surface area contributed by atoms with Crippen molar-refractivity contribution in [2.75, 3.05) is 32.5 Å². The quantitative estimate of drug-likeness (QED) is 0.363. The molecule has 1 aromatic carbocycles. The van der Waals surface area contributed by atoms with Gasteiger partial charge in [-0.05, 0) is 99.0 Å². The number of likely N-dealkylation sites (tertiary alicyclic amines) is 1. The third-order valence-electron chi connectivity index (χ3n) is 7.55. The van der Waals surface area contributed by atoms with Crippen LogP contribution in [0.15, 0.2) is 30.5 Å². The second-order valence-electron chi connectivity index (χ2n) is 9.81. The number of piperidine rings is 1. The molecule has 1 saturated carbocycles. The van der Waals surface area contributed by atoms with Crippen LogP contribution >= 0.6 is 11.8 Å². The van der Waals surface area contributed by atoms with Crippen LogP contribution in [0.3, 0.4) is 0 Å². The zero-order valence-corrected chi connectivity index (χ0v) is 20.9. The number of carboxylic acids is 1. The number of aliphatic carboxylic acids is 1. The van der Waals surface area contributed by atoms with Crippen LogP contribution in [-0.4, -0.2) is 58.7 Å². The lowest BCUT2D eigenvalue weighted by Crippen LogP contribution is -2.42. The molecular formula is C27H37FN2O3S. The number of carbonyl (C=O) groups is 1. The number of benzene rings is 1. The molecule has 5 nitrogen and oxygen atoms in total. The summed E-state index contributed by atoms with van der Waals surface area (Å²) in [6.07, 6.45) is 8.06. The minimum atomic E-state index is -1.11. The molecular weight excluding hydrogens is 451 g/mol. The Balaban J connectivity index is 1.32. The van der Waals surface area contributed by atoms with E-state index in [1.54, 1.807) is 19.4 Å². The highest BCUT2D eigenvalue weighted by molar-refractivity contribution is 7.99. The molecule has 0 radical (unpaired) electrons. The average Bonchev–Trinajstić information content (AvgIpc) is 2.81. The minimum Gasteiger partial charge on any atom is -0.497 e. The van der Waals surface area contributed by atoms with Crippen molar-refractivity contribution >= 4 is 28.6 Å². The Morgan fingerprint density at radius 3 is 2.88 bits per heavy atom. The molecule has 3 atom stereocenters. The first-order valence-corrected chi connectivity index (χ1v) is 13.7. The van der Waals surface area contributed by atoms with Crippen molar-refractivity contribution in [3.05, 3.63) is 36.0 Å². The molecule has 0 spiro atoms. The zero-order chi connectivity index (χ0) is 23.9. The Labute approximate surface area is 206 Å². The first-order chi connectivity index (χ1) is 16.5. The van der Waals surface area contributed by atoms with Gasteiger partial charge in [0, 0.05) is 29.8 Å². The third kappa shape index (κ3) is 6.63. The Bertz CT molecular complexity index is 955. The molecule has 7 heteroatoms. The lowest BCUT2D eigenvalue weighted by molar-refractivity contribution is -0.139. The number of hydrogen-bond donors (Lipinski definition) is 1. The van der Waals surface area contributed by atoms with Crippen LogP contribution in [0.25, 0.3) is 10.9 Å². The van der Waals surface area contributed by atoms with Gasteiger partial charge in [0.25, 0.3) is 0 Å². The summed E-state index contributed by atoms with van der Waals surface area (Å²) in [6, 6.07) is 7.29. The Morgan fingerprint density at radius 1 is 1.29 bits per heavy atom. The van der Waals surface area contributed by atoms with E-state index in [2.05, 4.69) is 21.6 Å². The predicted octanol–water partition coefficient (Wildman–Crippen LogP) is 6.12. The Morgan fingerprint density at radius 2 is 2.15 bits per heavy atom. The van der Waals surface area contributed by atoms with Gasteiger partial charge in [0.15, 0.2) is 0 Å². The molecule has 1 unspecified atom stereocenters. The molecule has 1 N–H and O–H groups in total. The smallest absolute Gasteiger partial charge is 0.303 e. The number of alkyl halides is 1. The fourth-order valence-electron chi connectivity index (χ4n) is 5.33. The predicted molar refractivity (Wildman–Crippen MR) is 136 cm³/mol. The Kier molecular flexibility index (Phi) is 9.06. The van der Waals surface area contributed by atoms with Crippen LogP contribution in [0.5, 0.6) is 5.75 Å². The molecule has 4 rings (SSSR count). The summed E-state index contributed by atoms with van der Waals surface area (Å²) < 4.78 is 20.7. The average molecular weight is 489 g/mol. The van der Waals surface area contributed by atoms with E-state index in [0.29, 0.717) is 24.2 Å². The number of pyridine rings is 1. The van der Waals surface area contributed by atoms with E-state index < -0.39 is 12.1 Å². The first kappa shape index (κ1) is 25.2. The van der Waals surface area contributed by atoms with Crippen LogP contribution < -0.4 is 4.74 Å². The van der Waals surface area contributed by atoms with Gasteiger partial charge < -0.3 is 14.7 Å². The van der Waals surface area contributed by atoms with E-state index in [-0.39, 0.29) is 18.3 Å². The molecule has 2 heterocycles. The molecule has 186 valence electrons. The fourth-order valence-corrected chi connectivity index (χ4v) is 6.63. The van der Waals surface area contributed by atoms with Gasteiger partial charge in [-0.15, -0.1) is 0 Å². The van der Waals surface area contributed by atoms with Gasteiger partial charge in [-0.2, -0.15) is 11.8 Å². The number of nitrogens with zero attached hydrogens (tertiary/aromatic N) is 2. The van der Waals surface area contributed by atoms with Gasteiger partial charge in [-0.25, -0.2) is 4.39 Å². The van der Waals surface area contributed by atoms with E-state index in [9.17, 15) is 9.90 Å². The second kappa shape index (κ2) is 12.2. The highest BCUT2D eigenvalue weighted by Crippen LogP contribution is 2.36. The van der Waals surface area contributed by atoms with E-state index in [4.69, 9.17) is 4.74 Å². The summed E-state index contributed by atoms with van der Waals surface area (Å²) in [5.74, 6) is 1.47. The Hall–Kier alpha value is -1.86. The van der Waals surface area contributed by atoms with Crippen LogP contribution in [0, 0.1) is 11.8 Å². The van der Waals surface area contributed by atoms with E-state index >= 15 is 4.39 Å². The van der Waals surface area contributed by atoms with Crippen LogP contribution in [0.4, 0.5) is 4.39 Å². The normalized spacial score (nSPS) is 22.4. The minimum absolute atomic E-state index is 0.0898. The number of rotatable bonds is 12. The molecule has 1 saturated heterocycles. The maximum atomic E-state index is 15.4. The summed E-state index contributed by atoms with van der Waals surface area (Å²) in [5, 5.41) is 11.1. The molecule has 34 heavy (non-hydrogen) atoms. The van der Waals surface area contributed by atoms with Gasteiger partial charge in [0.2, 0.25) is 0 Å². The van der Waals surface area contributed by atoms with Gasteiger partial charge in [-0.3, -0.25) is 9.78 Å². The zero-order valence-electron chi connectivity index (χ0n) is 20.1. The van der Waals surface area contributed by atoms with Crippen molar-refractivity contribution in [3.63, 3.8) is 0 Å². The molecule has 0 amide bonds. The summed E-state index contributed by atoms with van der Waals surface area (Å²) in [6.45, 7) is 2.84. The highest BCUT2D eigenvalue weighted by atomic mass is 32.2. The maximum Gasteiger partial charge on any atom is 0.303 e.